The van der Waals surface area contributed by atoms with Crippen LogP contribution in [-0.2, 0) is 32.6 Å². The Bertz CT molecular complexity index is 1510. The van der Waals surface area contributed by atoms with Crippen molar-refractivity contribution in [2.75, 3.05) is 17.1 Å². The highest BCUT2D eigenvalue weighted by Gasteiger charge is 2.35. The van der Waals surface area contributed by atoms with Crippen LogP contribution in [0.2, 0.25) is 15.1 Å². The molecule has 1 N–H and O–H groups in total. The number of aryl methyl sites for hydroxylation is 1. The Morgan fingerprint density at radius 1 is 0.927 bits per heavy atom. The molecular formula is C30H34Cl3N3O4S. The number of sulfonamides is 1. The first-order valence-corrected chi connectivity index (χ1v) is 15.9. The van der Waals surface area contributed by atoms with Crippen LogP contribution in [0.25, 0.3) is 0 Å². The van der Waals surface area contributed by atoms with Crippen molar-refractivity contribution >= 4 is 62.3 Å². The van der Waals surface area contributed by atoms with E-state index in [-0.39, 0.29) is 24.6 Å². The minimum absolute atomic E-state index is 0.0595. The largest absolute Gasteiger partial charge is 0.350 e. The van der Waals surface area contributed by atoms with E-state index in [2.05, 4.69) is 5.32 Å². The minimum Gasteiger partial charge on any atom is -0.350 e. The molecule has 1 atom stereocenters. The topological polar surface area (TPSA) is 86.8 Å². The Morgan fingerprint density at radius 3 is 2.12 bits per heavy atom. The average molecular weight is 639 g/mol. The molecule has 0 heterocycles. The van der Waals surface area contributed by atoms with Gasteiger partial charge in [-0.2, -0.15) is 0 Å². The minimum atomic E-state index is -3.92. The number of rotatable bonds is 10. The van der Waals surface area contributed by atoms with Crippen LogP contribution in [0, 0.1) is 6.92 Å². The zero-order valence-corrected chi connectivity index (χ0v) is 26.7. The highest BCUT2D eigenvalue weighted by atomic mass is 35.5. The molecule has 3 aromatic rings. The Labute approximate surface area is 257 Å². The fourth-order valence-corrected chi connectivity index (χ4v) is 5.82. The van der Waals surface area contributed by atoms with Gasteiger partial charge in [0.05, 0.1) is 11.9 Å². The molecule has 0 saturated carbocycles. The van der Waals surface area contributed by atoms with Crippen LogP contribution in [0.5, 0.6) is 0 Å². The number of benzene rings is 3. The molecular weight excluding hydrogens is 605 g/mol. The van der Waals surface area contributed by atoms with Gasteiger partial charge in [-0.15, -0.1) is 0 Å². The predicted molar refractivity (Wildman–Crippen MR) is 167 cm³/mol. The van der Waals surface area contributed by atoms with E-state index in [0.717, 1.165) is 16.1 Å². The van der Waals surface area contributed by atoms with Crippen LogP contribution in [0.4, 0.5) is 5.69 Å². The van der Waals surface area contributed by atoms with Crippen LogP contribution >= 0.6 is 34.8 Å². The maximum absolute atomic E-state index is 14.2. The standard InChI is InChI=1S/C30H34Cl3N3O4S/c1-20-11-13-24(32)17-26(20)36(41(5,39)40)19-28(37)35(18-22-12-14-23(31)16-25(22)33)27(29(38)34-30(2,3)4)15-21-9-7-6-8-10-21/h6-14,16-17,27H,15,18-19H2,1-5H3,(H,34,38)/t27-/m1/s1. The van der Waals surface area contributed by atoms with Gasteiger partial charge in [0.15, 0.2) is 0 Å². The van der Waals surface area contributed by atoms with E-state index in [1.165, 1.54) is 11.0 Å². The highest BCUT2D eigenvalue weighted by molar-refractivity contribution is 7.92. The number of anilines is 1. The molecule has 0 unspecified atom stereocenters. The van der Waals surface area contributed by atoms with Crippen molar-refractivity contribution in [1.29, 1.82) is 0 Å². The van der Waals surface area contributed by atoms with Crippen LogP contribution < -0.4 is 9.62 Å². The van der Waals surface area contributed by atoms with E-state index in [1.54, 1.807) is 37.3 Å². The molecule has 0 aliphatic carbocycles. The van der Waals surface area contributed by atoms with Gasteiger partial charge < -0.3 is 10.2 Å². The van der Waals surface area contributed by atoms with Crippen molar-refractivity contribution < 1.29 is 18.0 Å². The zero-order chi connectivity index (χ0) is 30.5. The second-order valence-electron chi connectivity index (χ2n) is 10.9. The molecule has 0 aromatic heterocycles. The van der Waals surface area contributed by atoms with E-state index in [9.17, 15) is 18.0 Å². The summed E-state index contributed by atoms with van der Waals surface area (Å²) in [7, 11) is -3.92. The third-order valence-corrected chi connectivity index (χ3v) is 8.19. The number of hydrogen-bond donors (Lipinski definition) is 1. The summed E-state index contributed by atoms with van der Waals surface area (Å²) < 4.78 is 27.0. The number of nitrogens with zero attached hydrogens (tertiary/aromatic N) is 2. The number of carbonyl (C=O) groups is 2. The molecule has 220 valence electrons. The molecule has 7 nitrogen and oxygen atoms in total. The Kier molecular flexibility index (Phi) is 10.7. The van der Waals surface area contributed by atoms with Gasteiger partial charge in [0.1, 0.15) is 12.6 Å². The Balaban J connectivity index is 2.13. The lowest BCUT2D eigenvalue weighted by Gasteiger charge is -2.35. The summed E-state index contributed by atoms with van der Waals surface area (Å²) >= 11 is 18.8. The third-order valence-electron chi connectivity index (χ3n) is 6.24. The number of carbonyl (C=O) groups excluding carboxylic acids is 2. The van der Waals surface area contributed by atoms with Gasteiger partial charge in [-0.05, 0) is 68.7 Å². The molecule has 0 aliphatic rings. The first kappa shape index (κ1) is 32.7. The summed E-state index contributed by atoms with van der Waals surface area (Å²) in [4.78, 5) is 29.3. The average Bonchev–Trinajstić information content (AvgIpc) is 2.86. The fourth-order valence-electron chi connectivity index (χ4n) is 4.29. The van der Waals surface area contributed by atoms with Gasteiger partial charge in [-0.1, -0.05) is 77.3 Å². The van der Waals surface area contributed by atoms with Crippen molar-refractivity contribution in [2.24, 2.45) is 0 Å². The number of halogens is 3. The lowest BCUT2D eigenvalue weighted by molar-refractivity contribution is -0.140. The van der Waals surface area contributed by atoms with Gasteiger partial charge in [-0.25, -0.2) is 8.42 Å². The van der Waals surface area contributed by atoms with E-state index >= 15 is 0 Å². The highest BCUT2D eigenvalue weighted by Crippen LogP contribution is 2.28. The summed E-state index contributed by atoms with van der Waals surface area (Å²) in [6.07, 6.45) is 1.21. The second kappa shape index (κ2) is 13.5. The Morgan fingerprint density at radius 2 is 1.54 bits per heavy atom. The van der Waals surface area contributed by atoms with Gasteiger partial charge in [0.2, 0.25) is 21.8 Å². The van der Waals surface area contributed by atoms with Crippen molar-refractivity contribution in [1.82, 2.24) is 10.2 Å². The van der Waals surface area contributed by atoms with Crippen LogP contribution in [0.15, 0.2) is 66.7 Å². The number of amides is 2. The zero-order valence-electron chi connectivity index (χ0n) is 23.6. The molecule has 0 aliphatic heterocycles. The molecule has 0 spiro atoms. The smallest absolute Gasteiger partial charge is 0.244 e. The van der Waals surface area contributed by atoms with Crippen LogP contribution in [0.3, 0.4) is 0 Å². The molecule has 3 aromatic carbocycles. The van der Waals surface area contributed by atoms with Gasteiger partial charge in [0, 0.05) is 33.6 Å². The van der Waals surface area contributed by atoms with Crippen molar-refractivity contribution in [3.8, 4) is 0 Å². The first-order chi connectivity index (χ1) is 19.0. The summed E-state index contributed by atoms with van der Waals surface area (Å²) in [6.45, 7) is 6.66. The molecule has 0 radical (unpaired) electrons. The quantitative estimate of drug-likeness (QED) is 0.283. The second-order valence-corrected chi connectivity index (χ2v) is 14.1. The third kappa shape index (κ3) is 9.36. The van der Waals surface area contributed by atoms with E-state index in [1.807, 2.05) is 51.1 Å². The molecule has 3 rings (SSSR count). The van der Waals surface area contributed by atoms with Crippen LogP contribution in [-0.4, -0.2) is 49.5 Å². The molecule has 41 heavy (non-hydrogen) atoms. The number of nitrogens with one attached hydrogen (secondary N) is 1. The molecule has 0 saturated heterocycles. The Hall–Kier alpha value is -2.78. The predicted octanol–water partition coefficient (Wildman–Crippen LogP) is 6.28. The normalized spacial score (nSPS) is 12.5. The summed E-state index contributed by atoms with van der Waals surface area (Å²) in [5, 5.41) is 4.04. The fraction of sp³-hybridized carbons (Fsp3) is 0.333. The first-order valence-electron chi connectivity index (χ1n) is 12.9. The summed E-state index contributed by atoms with van der Waals surface area (Å²) in [6, 6.07) is 18.0. The molecule has 11 heteroatoms. The van der Waals surface area contributed by atoms with E-state index < -0.39 is 34.1 Å². The van der Waals surface area contributed by atoms with Gasteiger partial charge in [0.25, 0.3) is 0 Å². The molecule has 0 bridgehead atoms. The monoisotopic (exact) mass is 637 g/mol. The van der Waals surface area contributed by atoms with Gasteiger partial charge in [-0.3, -0.25) is 13.9 Å². The maximum Gasteiger partial charge on any atom is 0.244 e. The van der Waals surface area contributed by atoms with Crippen LogP contribution in [0.1, 0.15) is 37.5 Å². The SMILES string of the molecule is Cc1ccc(Cl)cc1N(CC(=O)N(Cc1ccc(Cl)cc1Cl)[C@H](Cc1ccccc1)C(=O)NC(C)(C)C)S(C)(=O)=O. The molecule has 0 fully saturated rings. The van der Waals surface area contributed by atoms with E-state index in [0.29, 0.717) is 26.2 Å². The molecule has 2 amide bonds. The van der Waals surface area contributed by atoms with Crippen molar-refractivity contribution in [2.45, 2.75) is 52.2 Å². The van der Waals surface area contributed by atoms with Crippen molar-refractivity contribution in [3.05, 3.63) is 98.5 Å². The maximum atomic E-state index is 14.2. The lowest BCUT2D eigenvalue weighted by Crippen LogP contribution is -2.56. The van der Waals surface area contributed by atoms with E-state index in [4.69, 9.17) is 34.8 Å². The number of hydrogen-bond acceptors (Lipinski definition) is 4. The lowest BCUT2D eigenvalue weighted by atomic mass is 10.0. The van der Waals surface area contributed by atoms with Gasteiger partial charge >= 0.3 is 0 Å². The summed E-state index contributed by atoms with van der Waals surface area (Å²) in [5.41, 5.74) is 1.68. The summed E-state index contributed by atoms with van der Waals surface area (Å²) in [5.74, 6) is -0.976. The van der Waals surface area contributed by atoms with Crippen molar-refractivity contribution in [3.63, 3.8) is 0 Å².